The number of rotatable bonds is 3. The average Bonchev–Trinajstić information content (AvgIpc) is 2.50. The van der Waals surface area contributed by atoms with E-state index in [-0.39, 0.29) is 17.6 Å². The molecule has 4 saturated carbocycles. The van der Waals surface area contributed by atoms with Crippen molar-refractivity contribution in [3.63, 3.8) is 0 Å². The molecule has 0 spiro atoms. The van der Waals surface area contributed by atoms with Gasteiger partial charge in [0.25, 0.3) is 0 Å². The first-order chi connectivity index (χ1) is 11.3. The molecule has 0 amide bonds. The normalized spacial score (nSPS) is 34.4. The first-order valence-electron chi connectivity index (χ1n) is 8.68. The zero-order valence-corrected chi connectivity index (χ0v) is 13.4. The van der Waals surface area contributed by atoms with Crippen LogP contribution in [0.2, 0.25) is 0 Å². The molecule has 0 unspecified atom stereocenters. The second kappa shape index (κ2) is 5.50. The van der Waals surface area contributed by atoms with E-state index in [9.17, 15) is 18.0 Å². The van der Waals surface area contributed by atoms with Gasteiger partial charge in [-0.3, -0.25) is 0 Å². The molecule has 24 heavy (non-hydrogen) atoms. The molecule has 5 heteroatoms. The minimum atomic E-state index is -4.55. The largest absolute Gasteiger partial charge is 0.461 e. The summed E-state index contributed by atoms with van der Waals surface area (Å²) in [5.74, 6) is 1.31. The molecule has 4 aliphatic rings. The number of hydrogen-bond donors (Lipinski definition) is 0. The number of hydrogen-bond acceptors (Lipinski definition) is 2. The predicted octanol–water partition coefficient (Wildman–Crippen LogP) is 5.08. The van der Waals surface area contributed by atoms with Crippen LogP contribution >= 0.6 is 0 Å². The first-order valence-corrected chi connectivity index (χ1v) is 8.68. The molecule has 4 aliphatic carbocycles. The lowest BCUT2D eigenvalue weighted by atomic mass is 9.50. The zero-order valence-electron chi connectivity index (χ0n) is 13.4. The Morgan fingerprint density at radius 1 is 1.04 bits per heavy atom. The van der Waals surface area contributed by atoms with Crippen molar-refractivity contribution in [2.75, 3.05) is 6.61 Å². The predicted molar refractivity (Wildman–Crippen MR) is 82.3 cm³/mol. The van der Waals surface area contributed by atoms with E-state index < -0.39 is 17.7 Å². The molecule has 4 fully saturated rings. The molecular formula is C19H21F3O2. The van der Waals surface area contributed by atoms with Gasteiger partial charge in [-0.15, -0.1) is 0 Å². The molecule has 0 heterocycles. The molecule has 130 valence electrons. The quantitative estimate of drug-likeness (QED) is 0.719. The summed E-state index contributed by atoms with van der Waals surface area (Å²) in [5.41, 5.74) is -1.28. The molecule has 5 rings (SSSR count). The maximum absolute atomic E-state index is 13.1. The lowest BCUT2D eigenvalue weighted by Crippen LogP contribution is -2.48. The van der Waals surface area contributed by atoms with Crippen LogP contribution in [0.3, 0.4) is 0 Å². The summed E-state index contributed by atoms with van der Waals surface area (Å²) in [7, 11) is 0. The van der Waals surface area contributed by atoms with Gasteiger partial charge in [-0.25, -0.2) is 4.79 Å². The van der Waals surface area contributed by atoms with Crippen molar-refractivity contribution in [3.05, 3.63) is 35.4 Å². The van der Waals surface area contributed by atoms with Gasteiger partial charge in [0.1, 0.15) is 0 Å². The summed E-state index contributed by atoms with van der Waals surface area (Å²) < 4.78 is 44.6. The molecule has 2 nitrogen and oxygen atoms in total. The molecule has 0 aliphatic heterocycles. The Hall–Kier alpha value is -1.52. The molecule has 1 aromatic rings. The summed E-state index contributed by atoms with van der Waals surface area (Å²) in [5, 5.41) is 0. The van der Waals surface area contributed by atoms with Crippen molar-refractivity contribution >= 4 is 5.97 Å². The third-order valence-electron chi connectivity index (χ3n) is 6.13. The third-order valence-corrected chi connectivity index (χ3v) is 6.13. The van der Waals surface area contributed by atoms with E-state index >= 15 is 0 Å². The van der Waals surface area contributed by atoms with E-state index in [1.807, 2.05) is 0 Å². The van der Waals surface area contributed by atoms with Gasteiger partial charge in [0.2, 0.25) is 0 Å². The second-order valence-electron chi connectivity index (χ2n) is 8.04. The number of carbonyl (C=O) groups excluding carboxylic acids is 1. The van der Waals surface area contributed by atoms with E-state index in [1.54, 1.807) is 0 Å². The number of halogens is 3. The zero-order chi connectivity index (χ0) is 16.9. The van der Waals surface area contributed by atoms with Gasteiger partial charge in [-0.1, -0.05) is 12.1 Å². The maximum Gasteiger partial charge on any atom is 0.417 e. The van der Waals surface area contributed by atoms with Crippen LogP contribution in [0.4, 0.5) is 13.2 Å². The number of benzene rings is 1. The SMILES string of the molecule is O=C(OCC12CC3CC(CC(C3)C1)C2)c1ccccc1C(F)(F)F. The van der Waals surface area contributed by atoms with Gasteiger partial charge in [-0.05, 0) is 68.4 Å². The summed E-state index contributed by atoms with van der Waals surface area (Å²) in [6, 6.07) is 4.86. The van der Waals surface area contributed by atoms with Crippen molar-refractivity contribution < 1.29 is 22.7 Å². The van der Waals surface area contributed by atoms with E-state index in [1.165, 1.54) is 37.5 Å². The number of alkyl halides is 3. The topological polar surface area (TPSA) is 26.3 Å². The number of ether oxygens (including phenoxy) is 1. The van der Waals surface area contributed by atoms with Crippen LogP contribution in [0, 0.1) is 23.2 Å². The monoisotopic (exact) mass is 338 g/mol. The molecule has 4 bridgehead atoms. The van der Waals surface area contributed by atoms with E-state index in [4.69, 9.17) is 4.74 Å². The van der Waals surface area contributed by atoms with Crippen LogP contribution in [0.1, 0.15) is 54.4 Å². The van der Waals surface area contributed by atoms with Crippen LogP contribution in [0.15, 0.2) is 24.3 Å². The molecule has 0 aromatic heterocycles. The fourth-order valence-corrected chi connectivity index (χ4v) is 5.67. The first kappa shape index (κ1) is 16.0. The van der Waals surface area contributed by atoms with Crippen LogP contribution in [-0.4, -0.2) is 12.6 Å². The van der Waals surface area contributed by atoms with Crippen LogP contribution in [0.25, 0.3) is 0 Å². The average molecular weight is 338 g/mol. The Kier molecular flexibility index (Phi) is 3.66. The summed E-state index contributed by atoms with van der Waals surface area (Å²) >= 11 is 0. The van der Waals surface area contributed by atoms with Gasteiger partial charge >= 0.3 is 12.1 Å². The van der Waals surface area contributed by atoms with Gasteiger partial charge in [-0.2, -0.15) is 13.2 Å². The second-order valence-corrected chi connectivity index (χ2v) is 8.04. The molecule has 0 radical (unpaired) electrons. The van der Waals surface area contributed by atoms with Crippen LogP contribution in [0.5, 0.6) is 0 Å². The van der Waals surface area contributed by atoms with Crippen molar-refractivity contribution in [1.82, 2.24) is 0 Å². The van der Waals surface area contributed by atoms with Gasteiger partial charge < -0.3 is 4.74 Å². The highest BCUT2D eigenvalue weighted by molar-refractivity contribution is 5.91. The summed E-state index contributed by atoms with van der Waals surface area (Å²) in [6.07, 6.45) is 2.49. The molecule has 0 saturated heterocycles. The Morgan fingerprint density at radius 3 is 2.12 bits per heavy atom. The lowest BCUT2D eigenvalue weighted by molar-refractivity contribution is -0.138. The van der Waals surface area contributed by atoms with Gasteiger partial charge in [0.05, 0.1) is 17.7 Å². The van der Waals surface area contributed by atoms with Crippen molar-refractivity contribution in [2.24, 2.45) is 23.2 Å². The van der Waals surface area contributed by atoms with Crippen molar-refractivity contribution in [3.8, 4) is 0 Å². The highest BCUT2D eigenvalue weighted by atomic mass is 19.4. The Bertz CT molecular complexity index is 615. The van der Waals surface area contributed by atoms with Crippen molar-refractivity contribution in [2.45, 2.75) is 44.7 Å². The molecular weight excluding hydrogens is 317 g/mol. The standard InChI is InChI=1S/C19H21F3O2/c20-19(21,22)16-4-2-1-3-15(16)17(23)24-11-18-8-12-5-13(9-18)7-14(6-12)10-18/h1-4,12-14H,5-11H2. The van der Waals surface area contributed by atoms with Gasteiger partial charge in [0, 0.05) is 5.41 Å². The fraction of sp³-hybridized carbons (Fsp3) is 0.632. The summed E-state index contributed by atoms with van der Waals surface area (Å²) in [4.78, 5) is 12.3. The van der Waals surface area contributed by atoms with E-state index in [0.29, 0.717) is 0 Å². The lowest BCUT2D eigenvalue weighted by Gasteiger charge is -2.56. The van der Waals surface area contributed by atoms with Gasteiger partial charge in [0.15, 0.2) is 0 Å². The van der Waals surface area contributed by atoms with E-state index in [2.05, 4.69) is 0 Å². The summed E-state index contributed by atoms with van der Waals surface area (Å²) in [6.45, 7) is 0.265. The minimum Gasteiger partial charge on any atom is -0.461 e. The van der Waals surface area contributed by atoms with Crippen molar-refractivity contribution in [1.29, 1.82) is 0 Å². The van der Waals surface area contributed by atoms with E-state index in [0.717, 1.165) is 43.1 Å². The van der Waals surface area contributed by atoms with Crippen LogP contribution < -0.4 is 0 Å². The number of esters is 1. The molecule has 0 N–H and O–H groups in total. The maximum atomic E-state index is 13.1. The minimum absolute atomic E-state index is 0.0115. The number of carbonyl (C=O) groups is 1. The molecule has 0 atom stereocenters. The highest BCUT2D eigenvalue weighted by Crippen LogP contribution is 2.60. The van der Waals surface area contributed by atoms with Crippen LogP contribution in [-0.2, 0) is 10.9 Å². The Balaban J connectivity index is 1.48. The highest BCUT2D eigenvalue weighted by Gasteiger charge is 2.51. The Labute approximate surface area is 139 Å². The fourth-order valence-electron chi connectivity index (χ4n) is 5.67. The third kappa shape index (κ3) is 2.82. The smallest absolute Gasteiger partial charge is 0.417 e. The Morgan fingerprint density at radius 2 is 1.58 bits per heavy atom. The molecule has 1 aromatic carbocycles.